The molecule has 1 amide bonds. The van der Waals surface area contributed by atoms with Gasteiger partial charge in [0.2, 0.25) is 0 Å². The number of hydrogen-bond donors (Lipinski definition) is 2. The lowest BCUT2D eigenvalue weighted by Crippen LogP contribution is -2.15. The van der Waals surface area contributed by atoms with Crippen molar-refractivity contribution in [2.24, 2.45) is 0 Å². The predicted molar refractivity (Wildman–Crippen MR) is 75.2 cm³/mol. The monoisotopic (exact) mass is 316 g/mol. The number of anilines is 2. The molecule has 0 bridgehead atoms. The maximum absolute atomic E-state index is 13.7. The first-order valence-corrected chi connectivity index (χ1v) is 6.15. The molecule has 0 aromatic heterocycles. The molecular weight excluding hydrogens is 309 g/mol. The average Bonchev–Trinajstić information content (AvgIpc) is 2.38. The molecule has 0 aliphatic carbocycles. The molecule has 0 unspecified atom stereocenters. The number of rotatable bonds is 2. The first kappa shape index (κ1) is 14.6. The number of nitrogen functional groups attached to an aromatic ring is 1. The van der Waals surface area contributed by atoms with Gasteiger partial charge in [-0.1, -0.05) is 23.2 Å². The van der Waals surface area contributed by atoms with Crippen LogP contribution in [0.2, 0.25) is 10.0 Å². The van der Waals surface area contributed by atoms with E-state index in [9.17, 15) is 13.6 Å². The van der Waals surface area contributed by atoms with Gasteiger partial charge in [-0.3, -0.25) is 4.79 Å². The van der Waals surface area contributed by atoms with Crippen LogP contribution in [0.3, 0.4) is 0 Å². The molecule has 20 heavy (non-hydrogen) atoms. The summed E-state index contributed by atoms with van der Waals surface area (Å²) in [6, 6.07) is 5.93. The minimum atomic E-state index is -0.998. The zero-order valence-corrected chi connectivity index (χ0v) is 11.4. The van der Waals surface area contributed by atoms with Crippen molar-refractivity contribution in [3.05, 3.63) is 57.6 Å². The normalized spacial score (nSPS) is 10.4. The summed E-state index contributed by atoms with van der Waals surface area (Å²) in [6.07, 6.45) is 0. The van der Waals surface area contributed by atoms with Crippen LogP contribution in [-0.2, 0) is 0 Å². The summed E-state index contributed by atoms with van der Waals surface area (Å²) in [4.78, 5) is 11.9. The van der Waals surface area contributed by atoms with Gasteiger partial charge in [0.25, 0.3) is 5.91 Å². The van der Waals surface area contributed by atoms with Crippen molar-refractivity contribution in [2.75, 3.05) is 11.1 Å². The Morgan fingerprint density at radius 3 is 2.55 bits per heavy atom. The van der Waals surface area contributed by atoms with E-state index in [0.29, 0.717) is 5.02 Å². The number of hydrogen-bond acceptors (Lipinski definition) is 2. The molecule has 2 rings (SSSR count). The highest BCUT2D eigenvalue weighted by Crippen LogP contribution is 2.26. The minimum Gasteiger partial charge on any atom is -0.396 e. The topological polar surface area (TPSA) is 55.1 Å². The Bertz CT molecular complexity index is 692. The van der Waals surface area contributed by atoms with Crippen LogP contribution >= 0.6 is 23.2 Å². The largest absolute Gasteiger partial charge is 0.396 e. The maximum Gasteiger partial charge on any atom is 0.258 e. The van der Waals surface area contributed by atoms with Gasteiger partial charge in [0, 0.05) is 5.02 Å². The van der Waals surface area contributed by atoms with Crippen LogP contribution in [0.1, 0.15) is 10.4 Å². The molecule has 0 fully saturated rings. The second kappa shape index (κ2) is 5.64. The Morgan fingerprint density at radius 1 is 1.15 bits per heavy atom. The van der Waals surface area contributed by atoms with E-state index in [0.717, 1.165) is 12.1 Å². The van der Waals surface area contributed by atoms with Gasteiger partial charge in [-0.05, 0) is 30.3 Å². The Labute approximate surface area is 123 Å². The highest BCUT2D eigenvalue weighted by Gasteiger charge is 2.17. The van der Waals surface area contributed by atoms with Crippen LogP contribution in [0.4, 0.5) is 20.2 Å². The third-order valence-electron chi connectivity index (χ3n) is 2.49. The molecule has 0 heterocycles. The van der Waals surface area contributed by atoms with Gasteiger partial charge in [0.15, 0.2) is 5.82 Å². The molecule has 0 radical (unpaired) electrons. The van der Waals surface area contributed by atoms with Gasteiger partial charge in [0.1, 0.15) is 5.82 Å². The summed E-state index contributed by atoms with van der Waals surface area (Å²) in [5, 5.41) is 2.90. The van der Waals surface area contributed by atoms with Crippen LogP contribution in [-0.4, -0.2) is 5.91 Å². The fourth-order valence-corrected chi connectivity index (χ4v) is 1.90. The number of carbonyl (C=O) groups excluding carboxylic acids is 1. The van der Waals surface area contributed by atoms with Crippen molar-refractivity contribution in [2.45, 2.75) is 0 Å². The highest BCUT2D eigenvalue weighted by molar-refractivity contribution is 6.35. The zero-order chi connectivity index (χ0) is 14.9. The van der Waals surface area contributed by atoms with Crippen molar-refractivity contribution < 1.29 is 13.6 Å². The predicted octanol–water partition coefficient (Wildman–Crippen LogP) is 4.11. The summed E-state index contributed by atoms with van der Waals surface area (Å²) in [7, 11) is 0. The van der Waals surface area contributed by atoms with Gasteiger partial charge < -0.3 is 11.1 Å². The van der Waals surface area contributed by atoms with E-state index in [-0.39, 0.29) is 10.7 Å². The molecule has 0 aliphatic rings. The molecule has 2 aromatic rings. The fraction of sp³-hybridized carbons (Fsp3) is 0. The van der Waals surface area contributed by atoms with Gasteiger partial charge in [-0.25, -0.2) is 8.78 Å². The van der Waals surface area contributed by atoms with E-state index in [1.807, 2.05) is 0 Å². The van der Waals surface area contributed by atoms with Gasteiger partial charge >= 0.3 is 0 Å². The van der Waals surface area contributed by atoms with Crippen molar-refractivity contribution in [3.8, 4) is 0 Å². The van der Waals surface area contributed by atoms with Crippen molar-refractivity contribution in [1.29, 1.82) is 0 Å². The molecular formula is C13H8Cl2F2N2O. The molecule has 0 spiro atoms. The third-order valence-corrected chi connectivity index (χ3v) is 3.05. The van der Waals surface area contributed by atoms with E-state index in [1.165, 1.54) is 18.2 Å². The van der Waals surface area contributed by atoms with Gasteiger partial charge in [-0.2, -0.15) is 0 Å². The molecule has 0 atom stereocenters. The Balaban J connectivity index is 2.35. The summed E-state index contributed by atoms with van der Waals surface area (Å²) in [5.74, 6) is -2.69. The number of halogens is 4. The lowest BCUT2D eigenvalue weighted by Gasteiger charge is -2.09. The molecule has 0 saturated heterocycles. The lowest BCUT2D eigenvalue weighted by molar-refractivity contribution is 0.102. The van der Waals surface area contributed by atoms with Crippen molar-refractivity contribution in [1.82, 2.24) is 0 Å². The summed E-state index contributed by atoms with van der Waals surface area (Å²) >= 11 is 11.6. The first-order chi connectivity index (χ1) is 9.38. The lowest BCUT2D eigenvalue weighted by atomic mass is 10.1. The minimum absolute atomic E-state index is 0.186. The molecule has 0 aliphatic heterocycles. The Hall–Kier alpha value is -1.85. The van der Waals surface area contributed by atoms with Crippen LogP contribution in [0, 0.1) is 11.6 Å². The van der Waals surface area contributed by atoms with Crippen LogP contribution in [0.5, 0.6) is 0 Å². The van der Waals surface area contributed by atoms with Gasteiger partial charge in [-0.15, -0.1) is 0 Å². The number of amides is 1. The maximum atomic E-state index is 13.7. The molecule has 7 heteroatoms. The second-order valence-electron chi connectivity index (χ2n) is 3.93. The number of nitrogens with one attached hydrogen (secondary N) is 1. The number of carbonyl (C=O) groups is 1. The van der Waals surface area contributed by atoms with E-state index >= 15 is 0 Å². The molecule has 104 valence electrons. The molecule has 2 aromatic carbocycles. The molecule has 3 N–H and O–H groups in total. The zero-order valence-electron chi connectivity index (χ0n) is 9.88. The average molecular weight is 317 g/mol. The van der Waals surface area contributed by atoms with E-state index < -0.39 is 28.8 Å². The van der Waals surface area contributed by atoms with Crippen molar-refractivity contribution in [3.63, 3.8) is 0 Å². The number of benzene rings is 2. The van der Waals surface area contributed by atoms with Crippen LogP contribution < -0.4 is 11.1 Å². The molecule has 0 saturated carbocycles. The molecule has 3 nitrogen and oxygen atoms in total. The van der Waals surface area contributed by atoms with Crippen LogP contribution in [0.15, 0.2) is 30.3 Å². The van der Waals surface area contributed by atoms with Crippen molar-refractivity contribution >= 4 is 40.5 Å². The smallest absolute Gasteiger partial charge is 0.258 e. The Kier molecular flexibility index (Phi) is 4.11. The summed E-state index contributed by atoms with van der Waals surface area (Å²) in [6.45, 7) is 0. The fourth-order valence-electron chi connectivity index (χ4n) is 1.56. The highest BCUT2D eigenvalue weighted by atomic mass is 35.5. The summed E-state index contributed by atoms with van der Waals surface area (Å²) in [5.41, 5.74) is 4.48. The van der Waals surface area contributed by atoms with E-state index in [4.69, 9.17) is 28.9 Å². The van der Waals surface area contributed by atoms with Gasteiger partial charge in [0.05, 0.1) is 22.0 Å². The SMILES string of the molecule is Nc1cc(F)cc(C(=O)Nc2cc(Cl)ccc2Cl)c1F. The van der Waals surface area contributed by atoms with E-state index in [2.05, 4.69) is 5.32 Å². The van der Waals surface area contributed by atoms with Crippen LogP contribution in [0.25, 0.3) is 0 Å². The summed E-state index contributed by atoms with van der Waals surface area (Å²) < 4.78 is 26.9. The van der Waals surface area contributed by atoms with E-state index in [1.54, 1.807) is 0 Å². The Morgan fingerprint density at radius 2 is 1.85 bits per heavy atom. The third kappa shape index (κ3) is 3.00. The second-order valence-corrected chi connectivity index (χ2v) is 4.78. The first-order valence-electron chi connectivity index (χ1n) is 5.39. The standard InChI is InChI=1S/C13H8Cl2F2N2O/c14-6-1-2-9(15)11(3-6)19-13(20)8-4-7(16)5-10(18)12(8)17/h1-5H,18H2,(H,19,20). The number of nitrogens with two attached hydrogens (primary N) is 1. The quantitative estimate of drug-likeness (QED) is 0.819.